The molecule has 1 aromatic carbocycles. The molecule has 20 heavy (non-hydrogen) atoms. The zero-order chi connectivity index (χ0) is 15.0. The fourth-order valence-electron chi connectivity index (χ4n) is 1.85. The normalized spacial score (nSPS) is 11.3. The van der Waals surface area contributed by atoms with Crippen LogP contribution in [0.15, 0.2) is 18.2 Å². The van der Waals surface area contributed by atoms with Crippen molar-refractivity contribution in [2.24, 2.45) is 5.92 Å². The molecule has 0 bridgehead atoms. The van der Waals surface area contributed by atoms with Gasteiger partial charge in [0.25, 0.3) is 0 Å². The molecule has 0 aliphatic rings. The van der Waals surface area contributed by atoms with Crippen molar-refractivity contribution in [3.63, 3.8) is 0 Å². The van der Waals surface area contributed by atoms with E-state index < -0.39 is 5.92 Å². The molecule has 1 rings (SSSR count). The van der Waals surface area contributed by atoms with E-state index in [0.29, 0.717) is 24.5 Å². The Morgan fingerprint density at radius 3 is 2.60 bits per heavy atom. The number of nitriles is 1. The van der Waals surface area contributed by atoms with E-state index in [-0.39, 0.29) is 5.91 Å². The molecule has 0 aromatic heterocycles. The average molecular weight is 276 g/mol. The lowest BCUT2D eigenvalue weighted by Gasteiger charge is -2.12. The molecule has 0 aliphatic heterocycles. The number of amides is 1. The largest absolute Gasteiger partial charge is 0.493 e. The summed E-state index contributed by atoms with van der Waals surface area (Å²) in [7, 11) is 3.13. The minimum Gasteiger partial charge on any atom is -0.493 e. The maximum atomic E-state index is 11.8. The van der Waals surface area contributed by atoms with Gasteiger partial charge >= 0.3 is 0 Å². The SMILES string of the molecule is CCCC(C#N)C(=O)NCc1ccc(OC)c(OC)c1. The third kappa shape index (κ3) is 4.16. The highest BCUT2D eigenvalue weighted by atomic mass is 16.5. The fourth-order valence-corrected chi connectivity index (χ4v) is 1.85. The van der Waals surface area contributed by atoms with Crippen LogP contribution in [0.4, 0.5) is 0 Å². The second-order valence-corrected chi connectivity index (χ2v) is 4.38. The molecule has 1 amide bonds. The number of carbonyl (C=O) groups is 1. The van der Waals surface area contributed by atoms with Crippen LogP contribution in [0.25, 0.3) is 0 Å². The number of rotatable bonds is 7. The van der Waals surface area contributed by atoms with Crippen molar-refractivity contribution in [3.05, 3.63) is 23.8 Å². The zero-order valence-electron chi connectivity index (χ0n) is 12.1. The smallest absolute Gasteiger partial charge is 0.237 e. The molecule has 108 valence electrons. The van der Waals surface area contributed by atoms with Gasteiger partial charge in [0.2, 0.25) is 5.91 Å². The number of carbonyl (C=O) groups excluding carboxylic acids is 1. The minimum absolute atomic E-state index is 0.232. The molecule has 5 heteroatoms. The van der Waals surface area contributed by atoms with Crippen LogP contribution >= 0.6 is 0 Å². The van der Waals surface area contributed by atoms with Crippen molar-refractivity contribution >= 4 is 5.91 Å². The maximum Gasteiger partial charge on any atom is 0.237 e. The number of nitrogens with zero attached hydrogens (tertiary/aromatic N) is 1. The topological polar surface area (TPSA) is 71.4 Å². The number of nitrogens with one attached hydrogen (secondary N) is 1. The van der Waals surface area contributed by atoms with Crippen LogP contribution in [0.3, 0.4) is 0 Å². The Balaban J connectivity index is 2.66. The van der Waals surface area contributed by atoms with Crippen LogP contribution < -0.4 is 14.8 Å². The van der Waals surface area contributed by atoms with Gasteiger partial charge in [0.15, 0.2) is 11.5 Å². The van der Waals surface area contributed by atoms with Crippen LogP contribution in [0.2, 0.25) is 0 Å². The molecule has 1 unspecified atom stereocenters. The molecule has 0 saturated heterocycles. The van der Waals surface area contributed by atoms with Gasteiger partial charge in [0.05, 0.1) is 20.3 Å². The van der Waals surface area contributed by atoms with E-state index in [4.69, 9.17) is 14.7 Å². The van der Waals surface area contributed by atoms with Crippen LogP contribution in [-0.2, 0) is 11.3 Å². The first-order valence-corrected chi connectivity index (χ1v) is 6.54. The lowest BCUT2D eigenvalue weighted by molar-refractivity contribution is -0.123. The number of ether oxygens (including phenoxy) is 2. The Kier molecular flexibility index (Phi) is 6.38. The van der Waals surface area contributed by atoms with Crippen molar-refractivity contribution in [2.75, 3.05) is 14.2 Å². The van der Waals surface area contributed by atoms with Gasteiger partial charge in [-0.2, -0.15) is 5.26 Å². The molecule has 0 heterocycles. The van der Waals surface area contributed by atoms with Crippen LogP contribution in [-0.4, -0.2) is 20.1 Å². The van der Waals surface area contributed by atoms with Gasteiger partial charge < -0.3 is 14.8 Å². The standard InChI is InChI=1S/C15H20N2O3/c1-4-5-12(9-16)15(18)17-10-11-6-7-13(19-2)14(8-11)20-3/h6-8,12H,4-5,10H2,1-3H3,(H,17,18). The van der Waals surface area contributed by atoms with Gasteiger partial charge in [-0.1, -0.05) is 19.4 Å². The molecule has 1 atom stereocenters. The lowest BCUT2D eigenvalue weighted by Crippen LogP contribution is -2.29. The highest BCUT2D eigenvalue weighted by molar-refractivity contribution is 5.80. The fraction of sp³-hybridized carbons (Fsp3) is 0.467. The molecule has 0 spiro atoms. The number of hydrogen-bond donors (Lipinski definition) is 1. The van der Waals surface area contributed by atoms with Crippen molar-refractivity contribution in [2.45, 2.75) is 26.3 Å². The summed E-state index contributed by atoms with van der Waals surface area (Å²) in [6, 6.07) is 7.46. The third-order valence-corrected chi connectivity index (χ3v) is 2.96. The minimum atomic E-state index is -0.583. The van der Waals surface area contributed by atoms with E-state index in [2.05, 4.69) is 5.32 Å². The predicted molar refractivity (Wildman–Crippen MR) is 75.4 cm³/mol. The Hall–Kier alpha value is -2.22. The second kappa shape index (κ2) is 8.05. The lowest BCUT2D eigenvalue weighted by atomic mass is 10.0. The summed E-state index contributed by atoms with van der Waals surface area (Å²) < 4.78 is 10.3. The van der Waals surface area contributed by atoms with Crippen molar-refractivity contribution < 1.29 is 14.3 Å². The summed E-state index contributed by atoms with van der Waals surface area (Å²) in [5.41, 5.74) is 0.893. The highest BCUT2D eigenvalue weighted by Crippen LogP contribution is 2.27. The molecule has 0 aliphatic carbocycles. The quantitative estimate of drug-likeness (QED) is 0.829. The van der Waals surface area contributed by atoms with E-state index in [9.17, 15) is 4.79 Å². The van der Waals surface area contributed by atoms with E-state index in [0.717, 1.165) is 12.0 Å². The van der Waals surface area contributed by atoms with E-state index >= 15 is 0 Å². The average Bonchev–Trinajstić information content (AvgIpc) is 2.49. The first-order chi connectivity index (χ1) is 9.65. The van der Waals surface area contributed by atoms with Gasteiger partial charge in [0.1, 0.15) is 5.92 Å². The molecule has 1 aromatic rings. The third-order valence-electron chi connectivity index (χ3n) is 2.96. The molecule has 0 fully saturated rings. The van der Waals surface area contributed by atoms with E-state index in [1.807, 2.05) is 19.1 Å². The molecular formula is C15H20N2O3. The van der Waals surface area contributed by atoms with Crippen molar-refractivity contribution in [3.8, 4) is 17.6 Å². The Morgan fingerprint density at radius 1 is 1.35 bits per heavy atom. The monoisotopic (exact) mass is 276 g/mol. The Bertz CT molecular complexity index is 494. The first-order valence-electron chi connectivity index (χ1n) is 6.54. The van der Waals surface area contributed by atoms with Gasteiger partial charge in [-0.05, 0) is 24.1 Å². The van der Waals surface area contributed by atoms with E-state index in [1.165, 1.54) is 0 Å². The Morgan fingerprint density at radius 2 is 2.05 bits per heavy atom. The molecule has 0 radical (unpaired) electrons. The van der Waals surface area contributed by atoms with Gasteiger partial charge in [0, 0.05) is 6.54 Å². The summed E-state index contributed by atoms with van der Waals surface area (Å²) in [5, 5.41) is 11.7. The van der Waals surface area contributed by atoms with Crippen LogP contribution in [0, 0.1) is 17.2 Å². The number of benzene rings is 1. The highest BCUT2D eigenvalue weighted by Gasteiger charge is 2.16. The molecule has 5 nitrogen and oxygen atoms in total. The summed E-state index contributed by atoms with van der Waals surface area (Å²) in [4.78, 5) is 11.8. The number of hydrogen-bond acceptors (Lipinski definition) is 4. The van der Waals surface area contributed by atoms with Gasteiger partial charge in [-0.25, -0.2) is 0 Å². The predicted octanol–water partition coefficient (Wildman–Crippen LogP) is 2.26. The zero-order valence-corrected chi connectivity index (χ0v) is 12.1. The van der Waals surface area contributed by atoms with Crippen molar-refractivity contribution in [1.82, 2.24) is 5.32 Å². The van der Waals surface area contributed by atoms with E-state index in [1.54, 1.807) is 26.4 Å². The summed E-state index contributed by atoms with van der Waals surface area (Å²) in [6.45, 7) is 2.31. The Labute approximate surface area is 119 Å². The molecular weight excluding hydrogens is 256 g/mol. The molecule has 0 saturated carbocycles. The second-order valence-electron chi connectivity index (χ2n) is 4.38. The maximum absolute atomic E-state index is 11.8. The molecule has 1 N–H and O–H groups in total. The summed E-state index contributed by atoms with van der Waals surface area (Å²) in [5.74, 6) is 0.442. The number of methoxy groups -OCH3 is 2. The van der Waals surface area contributed by atoms with Crippen LogP contribution in [0.5, 0.6) is 11.5 Å². The van der Waals surface area contributed by atoms with Gasteiger partial charge in [-0.3, -0.25) is 4.79 Å². The summed E-state index contributed by atoms with van der Waals surface area (Å²) >= 11 is 0. The first kappa shape index (κ1) is 15.8. The van der Waals surface area contributed by atoms with Crippen molar-refractivity contribution in [1.29, 1.82) is 5.26 Å². The van der Waals surface area contributed by atoms with Gasteiger partial charge in [-0.15, -0.1) is 0 Å². The van der Waals surface area contributed by atoms with Crippen LogP contribution in [0.1, 0.15) is 25.3 Å². The summed E-state index contributed by atoms with van der Waals surface area (Å²) in [6.07, 6.45) is 1.39.